The summed E-state index contributed by atoms with van der Waals surface area (Å²) in [6.07, 6.45) is 4.11. The van der Waals surface area contributed by atoms with Crippen molar-refractivity contribution in [2.75, 3.05) is 0 Å². The molecule has 0 bridgehead atoms. The fourth-order valence-corrected chi connectivity index (χ4v) is 2.76. The maximum Gasteiger partial charge on any atom is 0.254 e. The van der Waals surface area contributed by atoms with Crippen LogP contribution in [0.4, 0.5) is 4.39 Å². The van der Waals surface area contributed by atoms with Crippen LogP contribution in [-0.4, -0.2) is 14.7 Å². The van der Waals surface area contributed by atoms with Crippen LogP contribution in [0.3, 0.4) is 0 Å². The Morgan fingerprint density at radius 2 is 1.92 bits per heavy atom. The van der Waals surface area contributed by atoms with Gasteiger partial charge in [0.2, 0.25) is 0 Å². The predicted octanol–water partition coefficient (Wildman–Crippen LogP) is 3.63. The quantitative estimate of drug-likeness (QED) is 0.779. The minimum Gasteiger partial charge on any atom is -0.505 e. The highest BCUT2D eigenvalue weighted by atomic mass is 19.1. The van der Waals surface area contributed by atoms with E-state index in [-0.39, 0.29) is 17.1 Å². The standard InChI is InChI=1S/C19H19FN2O2/c1-2-3-8-22-16-10-14(9-13-4-6-15(20)7-5-13)12-21-19(16)17(23)11-18(22)24/h4-7,10-12,23H,2-3,8-9H2,1H3. The Hall–Kier alpha value is -2.69. The number of nitrogens with zero attached hydrogens (tertiary/aromatic N) is 2. The van der Waals surface area contributed by atoms with E-state index in [2.05, 4.69) is 11.9 Å². The third-order valence-electron chi connectivity index (χ3n) is 4.04. The second-order valence-corrected chi connectivity index (χ2v) is 5.89. The van der Waals surface area contributed by atoms with Crippen molar-refractivity contribution in [3.05, 3.63) is 69.9 Å². The SMILES string of the molecule is CCCCn1c(=O)cc(O)c2ncc(Cc3ccc(F)cc3)cc21. The molecule has 1 N–H and O–H groups in total. The Morgan fingerprint density at radius 1 is 1.17 bits per heavy atom. The van der Waals surface area contributed by atoms with Crippen molar-refractivity contribution in [2.45, 2.75) is 32.7 Å². The number of fused-ring (bicyclic) bond motifs is 1. The molecule has 0 radical (unpaired) electrons. The minimum absolute atomic E-state index is 0.101. The Kier molecular flexibility index (Phi) is 4.60. The molecule has 0 aliphatic rings. The number of pyridine rings is 2. The lowest BCUT2D eigenvalue weighted by Gasteiger charge is -2.12. The van der Waals surface area contributed by atoms with Crippen LogP contribution in [-0.2, 0) is 13.0 Å². The summed E-state index contributed by atoms with van der Waals surface area (Å²) in [4.78, 5) is 16.5. The summed E-state index contributed by atoms with van der Waals surface area (Å²) in [6.45, 7) is 2.65. The summed E-state index contributed by atoms with van der Waals surface area (Å²) in [5, 5.41) is 10.00. The molecule has 3 rings (SSSR count). The average molecular weight is 326 g/mol. The fourth-order valence-electron chi connectivity index (χ4n) is 2.76. The second-order valence-electron chi connectivity index (χ2n) is 5.89. The predicted molar refractivity (Wildman–Crippen MR) is 91.8 cm³/mol. The first kappa shape index (κ1) is 16.2. The monoisotopic (exact) mass is 326 g/mol. The molecule has 0 aliphatic heterocycles. The lowest BCUT2D eigenvalue weighted by atomic mass is 10.1. The van der Waals surface area contributed by atoms with E-state index in [0.29, 0.717) is 24.0 Å². The lowest BCUT2D eigenvalue weighted by molar-refractivity contribution is 0.476. The van der Waals surface area contributed by atoms with Crippen LogP contribution in [0.15, 0.2) is 47.4 Å². The van der Waals surface area contributed by atoms with Gasteiger partial charge in [-0.1, -0.05) is 25.5 Å². The number of hydrogen-bond donors (Lipinski definition) is 1. The largest absolute Gasteiger partial charge is 0.505 e. The number of aryl methyl sites for hydroxylation is 1. The highest BCUT2D eigenvalue weighted by Crippen LogP contribution is 2.22. The summed E-state index contributed by atoms with van der Waals surface area (Å²) in [5.74, 6) is -0.371. The van der Waals surface area contributed by atoms with Crippen LogP contribution in [0.25, 0.3) is 11.0 Å². The zero-order valence-corrected chi connectivity index (χ0v) is 13.5. The number of aromatic nitrogens is 2. The maximum atomic E-state index is 13.0. The molecule has 0 saturated heterocycles. The van der Waals surface area contributed by atoms with Crippen molar-refractivity contribution in [1.82, 2.24) is 9.55 Å². The van der Waals surface area contributed by atoms with Crippen LogP contribution in [0.2, 0.25) is 0 Å². The van der Waals surface area contributed by atoms with E-state index >= 15 is 0 Å². The number of rotatable bonds is 5. The molecule has 0 fully saturated rings. The summed E-state index contributed by atoms with van der Waals surface area (Å²) >= 11 is 0. The Morgan fingerprint density at radius 3 is 2.62 bits per heavy atom. The molecule has 0 aliphatic carbocycles. The molecule has 0 amide bonds. The van der Waals surface area contributed by atoms with Gasteiger partial charge in [-0.2, -0.15) is 0 Å². The zero-order valence-electron chi connectivity index (χ0n) is 13.5. The van der Waals surface area contributed by atoms with Gasteiger partial charge in [0.25, 0.3) is 5.56 Å². The van der Waals surface area contributed by atoms with E-state index in [1.807, 2.05) is 6.07 Å². The summed E-state index contributed by atoms with van der Waals surface area (Å²) < 4.78 is 14.7. The van der Waals surface area contributed by atoms with Crippen LogP contribution in [0.1, 0.15) is 30.9 Å². The van der Waals surface area contributed by atoms with E-state index in [1.165, 1.54) is 18.2 Å². The minimum atomic E-state index is -0.270. The number of hydrogen-bond acceptors (Lipinski definition) is 3. The van der Waals surface area contributed by atoms with Gasteiger partial charge in [-0.15, -0.1) is 0 Å². The van der Waals surface area contributed by atoms with Gasteiger partial charge in [0.1, 0.15) is 17.1 Å². The van der Waals surface area contributed by atoms with Gasteiger partial charge in [-0.25, -0.2) is 4.39 Å². The van der Waals surface area contributed by atoms with Crippen molar-refractivity contribution in [3.8, 4) is 5.75 Å². The van der Waals surface area contributed by atoms with E-state index in [1.54, 1.807) is 22.9 Å². The number of halogens is 1. The third-order valence-corrected chi connectivity index (χ3v) is 4.04. The highest BCUT2D eigenvalue weighted by Gasteiger charge is 2.10. The van der Waals surface area contributed by atoms with Gasteiger partial charge >= 0.3 is 0 Å². The number of aromatic hydroxyl groups is 1. The van der Waals surface area contributed by atoms with Gasteiger partial charge in [0.15, 0.2) is 0 Å². The van der Waals surface area contributed by atoms with Gasteiger partial charge in [0.05, 0.1) is 5.52 Å². The van der Waals surface area contributed by atoms with Crippen molar-refractivity contribution in [1.29, 1.82) is 0 Å². The fraction of sp³-hybridized carbons (Fsp3) is 0.263. The average Bonchev–Trinajstić information content (AvgIpc) is 2.57. The highest BCUT2D eigenvalue weighted by molar-refractivity contribution is 5.81. The van der Waals surface area contributed by atoms with E-state index < -0.39 is 0 Å². The molecular formula is C19H19FN2O2. The first-order valence-electron chi connectivity index (χ1n) is 8.04. The van der Waals surface area contributed by atoms with E-state index in [4.69, 9.17) is 0 Å². The van der Waals surface area contributed by atoms with Gasteiger partial charge in [0, 0.05) is 18.8 Å². The van der Waals surface area contributed by atoms with E-state index in [9.17, 15) is 14.3 Å². The molecule has 0 spiro atoms. The molecule has 124 valence electrons. The molecule has 0 atom stereocenters. The summed E-state index contributed by atoms with van der Waals surface area (Å²) in [7, 11) is 0. The summed E-state index contributed by atoms with van der Waals surface area (Å²) in [5.41, 5.74) is 2.69. The molecule has 2 aromatic heterocycles. The Bertz CT molecular complexity index is 917. The molecule has 0 saturated carbocycles. The van der Waals surface area contributed by atoms with E-state index in [0.717, 1.165) is 24.0 Å². The maximum absolute atomic E-state index is 13.0. The molecule has 0 unspecified atom stereocenters. The van der Waals surface area contributed by atoms with Gasteiger partial charge in [-0.3, -0.25) is 9.78 Å². The Labute approximate surface area is 139 Å². The molecule has 3 aromatic rings. The van der Waals surface area contributed by atoms with Crippen molar-refractivity contribution < 1.29 is 9.50 Å². The first-order valence-corrected chi connectivity index (χ1v) is 8.04. The summed E-state index contributed by atoms with van der Waals surface area (Å²) in [6, 6.07) is 9.39. The molecule has 24 heavy (non-hydrogen) atoms. The Balaban J connectivity index is 2.04. The topological polar surface area (TPSA) is 55.1 Å². The van der Waals surface area contributed by atoms with Crippen LogP contribution in [0, 0.1) is 5.82 Å². The van der Waals surface area contributed by atoms with Crippen molar-refractivity contribution in [2.24, 2.45) is 0 Å². The molecule has 2 heterocycles. The molecule has 5 heteroatoms. The third kappa shape index (κ3) is 3.30. The smallest absolute Gasteiger partial charge is 0.254 e. The number of unbranched alkanes of at least 4 members (excludes halogenated alkanes) is 1. The van der Waals surface area contributed by atoms with Crippen LogP contribution in [0.5, 0.6) is 5.75 Å². The molecule has 4 nitrogen and oxygen atoms in total. The van der Waals surface area contributed by atoms with Gasteiger partial charge < -0.3 is 9.67 Å². The number of benzene rings is 1. The van der Waals surface area contributed by atoms with Crippen molar-refractivity contribution in [3.63, 3.8) is 0 Å². The second kappa shape index (κ2) is 6.83. The van der Waals surface area contributed by atoms with Crippen molar-refractivity contribution >= 4 is 11.0 Å². The van der Waals surface area contributed by atoms with Crippen LogP contribution < -0.4 is 5.56 Å². The zero-order chi connectivity index (χ0) is 17.1. The molecule has 1 aromatic carbocycles. The normalized spacial score (nSPS) is 11.1. The van der Waals surface area contributed by atoms with Crippen LogP contribution >= 0.6 is 0 Å². The molecular weight excluding hydrogens is 307 g/mol. The van der Waals surface area contributed by atoms with Gasteiger partial charge in [-0.05, 0) is 42.2 Å². The lowest BCUT2D eigenvalue weighted by Crippen LogP contribution is -2.20. The first-order chi connectivity index (χ1) is 11.6.